The maximum absolute atomic E-state index is 6.39. The lowest BCUT2D eigenvalue weighted by atomic mass is 9.81. The third-order valence-corrected chi connectivity index (χ3v) is 4.66. The zero-order valence-corrected chi connectivity index (χ0v) is 8.82. The predicted molar refractivity (Wildman–Crippen MR) is 55.8 cm³/mol. The summed E-state index contributed by atoms with van der Waals surface area (Å²) in [6.45, 7) is 1.99. The number of fused-ring (bicyclic) bond motifs is 1. The van der Waals surface area contributed by atoms with E-state index < -0.39 is 0 Å². The maximum Gasteiger partial charge on any atom is 0.0501 e. The van der Waals surface area contributed by atoms with Gasteiger partial charge in [0.1, 0.15) is 0 Å². The fourth-order valence-electron chi connectivity index (χ4n) is 3.69. The second-order valence-electron chi connectivity index (χ2n) is 5.42. The Kier molecular flexibility index (Phi) is 2.29. The fraction of sp³-hybridized carbons (Fsp3) is 1.00. The van der Waals surface area contributed by atoms with Crippen molar-refractivity contribution in [2.75, 3.05) is 13.2 Å². The Morgan fingerprint density at radius 3 is 2.29 bits per heavy atom. The highest BCUT2D eigenvalue weighted by atomic mass is 16.5. The summed E-state index contributed by atoms with van der Waals surface area (Å²) in [4.78, 5) is 0. The molecule has 3 rings (SSSR count). The first-order chi connectivity index (χ1) is 6.88. The SMILES string of the molecule is NC(C1CCCCC1)C1C2COCC21. The molecule has 3 atom stereocenters. The number of rotatable bonds is 2. The number of hydrogen-bond donors (Lipinski definition) is 1. The van der Waals surface area contributed by atoms with E-state index in [2.05, 4.69) is 0 Å². The maximum atomic E-state index is 6.39. The first-order valence-electron chi connectivity index (χ1n) is 6.21. The van der Waals surface area contributed by atoms with Crippen LogP contribution >= 0.6 is 0 Å². The van der Waals surface area contributed by atoms with Crippen molar-refractivity contribution >= 4 is 0 Å². The van der Waals surface area contributed by atoms with Gasteiger partial charge in [0.25, 0.3) is 0 Å². The summed E-state index contributed by atoms with van der Waals surface area (Å²) in [7, 11) is 0. The molecule has 2 aliphatic carbocycles. The molecule has 3 unspecified atom stereocenters. The molecule has 2 nitrogen and oxygen atoms in total. The summed E-state index contributed by atoms with van der Waals surface area (Å²) < 4.78 is 5.42. The van der Waals surface area contributed by atoms with E-state index in [1.807, 2.05) is 0 Å². The minimum Gasteiger partial charge on any atom is -0.381 e. The highest BCUT2D eigenvalue weighted by Crippen LogP contribution is 2.54. The van der Waals surface area contributed by atoms with Gasteiger partial charge >= 0.3 is 0 Å². The van der Waals surface area contributed by atoms with Crippen LogP contribution in [0.1, 0.15) is 32.1 Å². The van der Waals surface area contributed by atoms with Crippen LogP contribution in [0.3, 0.4) is 0 Å². The molecule has 0 amide bonds. The third-order valence-electron chi connectivity index (χ3n) is 4.66. The number of nitrogens with two attached hydrogens (primary N) is 1. The van der Waals surface area contributed by atoms with Crippen LogP contribution in [0.2, 0.25) is 0 Å². The lowest BCUT2D eigenvalue weighted by molar-refractivity contribution is 0.136. The fourth-order valence-corrected chi connectivity index (χ4v) is 3.69. The molecule has 0 bridgehead atoms. The van der Waals surface area contributed by atoms with Crippen LogP contribution in [-0.4, -0.2) is 19.3 Å². The first kappa shape index (κ1) is 9.17. The standard InChI is InChI=1S/C12H21NO/c13-12(8-4-2-1-3-5-8)11-9-6-14-7-10(9)11/h8-12H,1-7,13H2. The molecule has 0 aromatic heterocycles. The van der Waals surface area contributed by atoms with Gasteiger partial charge in [0.05, 0.1) is 13.2 Å². The zero-order valence-electron chi connectivity index (χ0n) is 8.82. The van der Waals surface area contributed by atoms with Crippen LogP contribution in [0.5, 0.6) is 0 Å². The van der Waals surface area contributed by atoms with Crippen LogP contribution in [0.4, 0.5) is 0 Å². The third kappa shape index (κ3) is 1.40. The monoisotopic (exact) mass is 195 g/mol. The second kappa shape index (κ2) is 3.49. The molecule has 0 radical (unpaired) electrons. The second-order valence-corrected chi connectivity index (χ2v) is 5.42. The van der Waals surface area contributed by atoms with Crippen molar-refractivity contribution in [3.63, 3.8) is 0 Å². The molecule has 0 aromatic rings. The van der Waals surface area contributed by atoms with Crippen molar-refractivity contribution in [3.05, 3.63) is 0 Å². The minimum absolute atomic E-state index is 0.495. The van der Waals surface area contributed by atoms with Gasteiger partial charge in [-0.1, -0.05) is 19.3 Å². The summed E-state index contributed by atoms with van der Waals surface area (Å²) in [5.41, 5.74) is 6.39. The van der Waals surface area contributed by atoms with Gasteiger partial charge in [0.15, 0.2) is 0 Å². The van der Waals surface area contributed by atoms with Crippen LogP contribution in [-0.2, 0) is 4.74 Å². The first-order valence-corrected chi connectivity index (χ1v) is 6.21. The van der Waals surface area contributed by atoms with Gasteiger partial charge in [-0.05, 0) is 36.5 Å². The molecule has 0 spiro atoms. The molecule has 1 saturated heterocycles. The van der Waals surface area contributed by atoms with Crippen LogP contribution in [0.15, 0.2) is 0 Å². The predicted octanol–water partition coefficient (Wildman–Crippen LogP) is 1.79. The van der Waals surface area contributed by atoms with E-state index in [1.54, 1.807) is 0 Å². The Morgan fingerprint density at radius 1 is 1.00 bits per heavy atom. The van der Waals surface area contributed by atoms with E-state index in [1.165, 1.54) is 32.1 Å². The van der Waals surface area contributed by atoms with Gasteiger partial charge in [0.2, 0.25) is 0 Å². The van der Waals surface area contributed by atoms with E-state index in [-0.39, 0.29) is 0 Å². The quantitative estimate of drug-likeness (QED) is 0.729. The van der Waals surface area contributed by atoms with Crippen molar-refractivity contribution in [2.45, 2.75) is 38.1 Å². The Hall–Kier alpha value is -0.0800. The van der Waals surface area contributed by atoms with E-state index in [0.717, 1.165) is 36.9 Å². The molecule has 14 heavy (non-hydrogen) atoms. The van der Waals surface area contributed by atoms with Gasteiger partial charge in [0, 0.05) is 6.04 Å². The summed E-state index contributed by atoms with van der Waals surface area (Å²) in [6.07, 6.45) is 7.04. The van der Waals surface area contributed by atoms with Crippen molar-refractivity contribution in [2.24, 2.45) is 29.4 Å². The molecular weight excluding hydrogens is 174 g/mol. The number of ether oxygens (including phenoxy) is 1. The molecule has 2 saturated carbocycles. The summed E-state index contributed by atoms with van der Waals surface area (Å²) in [6, 6.07) is 0.495. The average Bonchev–Trinajstić information content (AvgIpc) is 2.72. The highest BCUT2D eigenvalue weighted by Gasteiger charge is 2.57. The molecule has 0 aromatic carbocycles. The van der Waals surface area contributed by atoms with Crippen LogP contribution in [0.25, 0.3) is 0 Å². The topological polar surface area (TPSA) is 35.2 Å². The van der Waals surface area contributed by atoms with E-state index >= 15 is 0 Å². The van der Waals surface area contributed by atoms with Gasteiger partial charge in [-0.3, -0.25) is 0 Å². The molecule has 1 aliphatic heterocycles. The molecule has 3 fully saturated rings. The van der Waals surface area contributed by atoms with Gasteiger partial charge < -0.3 is 10.5 Å². The lowest BCUT2D eigenvalue weighted by Crippen LogP contribution is -2.35. The smallest absolute Gasteiger partial charge is 0.0501 e. The number of hydrogen-bond acceptors (Lipinski definition) is 2. The Balaban J connectivity index is 1.57. The van der Waals surface area contributed by atoms with E-state index in [9.17, 15) is 0 Å². The zero-order chi connectivity index (χ0) is 9.54. The Bertz CT molecular complexity index is 200. The van der Waals surface area contributed by atoms with Crippen molar-refractivity contribution in [1.29, 1.82) is 0 Å². The average molecular weight is 195 g/mol. The van der Waals surface area contributed by atoms with E-state index in [4.69, 9.17) is 10.5 Å². The van der Waals surface area contributed by atoms with Crippen molar-refractivity contribution in [1.82, 2.24) is 0 Å². The molecule has 2 N–H and O–H groups in total. The van der Waals surface area contributed by atoms with Crippen molar-refractivity contribution < 1.29 is 4.74 Å². The van der Waals surface area contributed by atoms with E-state index in [0.29, 0.717) is 6.04 Å². The molecule has 2 heteroatoms. The van der Waals surface area contributed by atoms with Gasteiger partial charge in [-0.15, -0.1) is 0 Å². The molecule has 3 aliphatic rings. The Labute approximate surface area is 86.2 Å². The summed E-state index contributed by atoms with van der Waals surface area (Å²) in [5.74, 6) is 3.34. The van der Waals surface area contributed by atoms with Crippen LogP contribution in [0, 0.1) is 23.7 Å². The Morgan fingerprint density at radius 2 is 1.64 bits per heavy atom. The normalized spacial score (nSPS) is 44.8. The summed E-state index contributed by atoms with van der Waals surface area (Å²) >= 11 is 0. The highest BCUT2D eigenvalue weighted by molar-refractivity contribution is 5.06. The summed E-state index contributed by atoms with van der Waals surface area (Å²) in [5, 5.41) is 0. The van der Waals surface area contributed by atoms with Crippen molar-refractivity contribution in [3.8, 4) is 0 Å². The largest absolute Gasteiger partial charge is 0.381 e. The minimum atomic E-state index is 0.495. The van der Waals surface area contributed by atoms with Crippen LogP contribution < -0.4 is 5.73 Å². The molecule has 80 valence electrons. The molecular formula is C12H21NO. The molecule has 1 heterocycles. The lowest BCUT2D eigenvalue weighted by Gasteiger charge is -2.28. The van der Waals surface area contributed by atoms with Gasteiger partial charge in [-0.2, -0.15) is 0 Å². The van der Waals surface area contributed by atoms with Gasteiger partial charge in [-0.25, -0.2) is 0 Å².